The minimum Gasteiger partial charge on any atom is -0.493 e. The molecule has 1 atom stereocenters. The zero-order chi connectivity index (χ0) is 15.2. The standard InChI is InChI=1S/C16H24N2O3/c1-12(19)10-18(2)16(20)17-9-14-5-3-4-6-15(14)21-11-13-7-8-13/h3-6,12-13,19H,7-11H2,1-2H3,(H,17,20). The Morgan fingerprint density at radius 1 is 1.48 bits per heavy atom. The van der Waals surface area contributed by atoms with Crippen molar-refractivity contribution in [2.24, 2.45) is 5.92 Å². The average molecular weight is 292 g/mol. The first-order chi connectivity index (χ1) is 10.1. The van der Waals surface area contributed by atoms with Crippen LogP contribution < -0.4 is 10.1 Å². The number of carbonyl (C=O) groups excluding carboxylic acids is 1. The molecule has 1 saturated carbocycles. The number of aliphatic hydroxyl groups is 1. The summed E-state index contributed by atoms with van der Waals surface area (Å²) < 4.78 is 5.81. The summed E-state index contributed by atoms with van der Waals surface area (Å²) >= 11 is 0. The van der Waals surface area contributed by atoms with Crippen LogP contribution in [-0.4, -0.2) is 42.3 Å². The fraction of sp³-hybridized carbons (Fsp3) is 0.562. The Bertz CT molecular complexity index is 472. The normalized spacial score (nSPS) is 15.4. The number of likely N-dealkylation sites (N-methyl/N-ethyl adjacent to an activating group) is 1. The minimum absolute atomic E-state index is 0.201. The highest BCUT2D eigenvalue weighted by Gasteiger charge is 2.22. The lowest BCUT2D eigenvalue weighted by atomic mass is 10.2. The lowest BCUT2D eigenvalue weighted by molar-refractivity contribution is 0.143. The topological polar surface area (TPSA) is 61.8 Å². The predicted molar refractivity (Wildman–Crippen MR) is 81.2 cm³/mol. The Kier molecular flexibility index (Phi) is 5.44. The van der Waals surface area contributed by atoms with Gasteiger partial charge in [-0.3, -0.25) is 0 Å². The highest BCUT2D eigenvalue weighted by Crippen LogP contribution is 2.30. The maximum Gasteiger partial charge on any atom is 0.317 e. The predicted octanol–water partition coefficient (Wildman–Crippen LogP) is 2.00. The van der Waals surface area contributed by atoms with Crippen LogP contribution in [-0.2, 0) is 6.54 Å². The van der Waals surface area contributed by atoms with Crippen molar-refractivity contribution in [3.05, 3.63) is 29.8 Å². The minimum atomic E-state index is -0.532. The SMILES string of the molecule is CC(O)CN(C)C(=O)NCc1ccccc1OCC1CC1. The molecule has 0 heterocycles. The molecule has 0 saturated heterocycles. The fourth-order valence-electron chi connectivity index (χ4n) is 2.07. The Balaban J connectivity index is 1.85. The van der Waals surface area contributed by atoms with Gasteiger partial charge < -0.3 is 20.1 Å². The highest BCUT2D eigenvalue weighted by atomic mass is 16.5. The van der Waals surface area contributed by atoms with Crippen molar-refractivity contribution >= 4 is 6.03 Å². The van der Waals surface area contributed by atoms with Crippen molar-refractivity contribution in [1.29, 1.82) is 0 Å². The second kappa shape index (κ2) is 7.31. The van der Waals surface area contributed by atoms with E-state index in [4.69, 9.17) is 4.74 Å². The quantitative estimate of drug-likeness (QED) is 0.808. The molecule has 2 rings (SSSR count). The molecule has 0 bridgehead atoms. The highest BCUT2D eigenvalue weighted by molar-refractivity contribution is 5.73. The van der Waals surface area contributed by atoms with Crippen molar-refractivity contribution in [2.75, 3.05) is 20.2 Å². The van der Waals surface area contributed by atoms with Gasteiger partial charge in [-0.1, -0.05) is 18.2 Å². The van der Waals surface area contributed by atoms with E-state index in [0.29, 0.717) is 19.0 Å². The number of nitrogens with zero attached hydrogens (tertiary/aromatic N) is 1. The van der Waals surface area contributed by atoms with Crippen molar-refractivity contribution in [2.45, 2.75) is 32.4 Å². The monoisotopic (exact) mass is 292 g/mol. The molecule has 2 N–H and O–H groups in total. The molecule has 1 aliphatic carbocycles. The summed E-state index contributed by atoms with van der Waals surface area (Å²) in [4.78, 5) is 13.4. The van der Waals surface area contributed by atoms with Crippen LogP contribution in [0.5, 0.6) is 5.75 Å². The third-order valence-corrected chi connectivity index (χ3v) is 3.46. The number of amides is 2. The van der Waals surface area contributed by atoms with E-state index >= 15 is 0 Å². The maximum absolute atomic E-state index is 11.9. The van der Waals surface area contributed by atoms with Gasteiger partial charge in [0.05, 0.1) is 12.7 Å². The first-order valence-corrected chi connectivity index (χ1v) is 7.44. The first-order valence-electron chi connectivity index (χ1n) is 7.44. The molecule has 21 heavy (non-hydrogen) atoms. The summed E-state index contributed by atoms with van der Waals surface area (Å²) in [6, 6.07) is 7.56. The van der Waals surface area contributed by atoms with Gasteiger partial charge in [-0.05, 0) is 31.7 Å². The summed E-state index contributed by atoms with van der Waals surface area (Å²) in [5.74, 6) is 1.53. The molecule has 0 radical (unpaired) electrons. The molecule has 0 aliphatic heterocycles. The molecule has 1 fully saturated rings. The van der Waals surface area contributed by atoms with Gasteiger partial charge in [-0.15, -0.1) is 0 Å². The third-order valence-electron chi connectivity index (χ3n) is 3.46. The largest absolute Gasteiger partial charge is 0.493 e. The van der Waals surface area contributed by atoms with E-state index in [2.05, 4.69) is 5.32 Å². The van der Waals surface area contributed by atoms with Gasteiger partial charge in [0.2, 0.25) is 0 Å². The van der Waals surface area contributed by atoms with Crippen LogP contribution in [0.25, 0.3) is 0 Å². The van der Waals surface area contributed by atoms with Gasteiger partial charge in [0, 0.05) is 25.7 Å². The zero-order valence-corrected chi connectivity index (χ0v) is 12.7. The van der Waals surface area contributed by atoms with Crippen LogP contribution in [0.15, 0.2) is 24.3 Å². The fourth-order valence-corrected chi connectivity index (χ4v) is 2.07. The number of aliphatic hydroxyl groups excluding tert-OH is 1. The second-order valence-electron chi connectivity index (χ2n) is 5.75. The lowest BCUT2D eigenvalue weighted by Crippen LogP contribution is -2.40. The van der Waals surface area contributed by atoms with Gasteiger partial charge >= 0.3 is 6.03 Å². The van der Waals surface area contributed by atoms with E-state index in [1.807, 2.05) is 24.3 Å². The maximum atomic E-state index is 11.9. The van der Waals surface area contributed by atoms with Crippen molar-refractivity contribution in [3.63, 3.8) is 0 Å². The third kappa shape index (κ3) is 5.27. The molecule has 0 spiro atoms. The number of rotatable bonds is 7. The van der Waals surface area contributed by atoms with Crippen molar-refractivity contribution < 1.29 is 14.6 Å². The van der Waals surface area contributed by atoms with E-state index in [0.717, 1.165) is 17.9 Å². The Morgan fingerprint density at radius 2 is 2.19 bits per heavy atom. The molecule has 116 valence electrons. The number of para-hydroxylation sites is 1. The molecule has 0 aromatic heterocycles. The summed E-state index contributed by atoms with van der Waals surface area (Å²) in [5.41, 5.74) is 0.969. The smallest absolute Gasteiger partial charge is 0.317 e. The second-order valence-corrected chi connectivity index (χ2v) is 5.75. The Hall–Kier alpha value is -1.75. The van der Waals surface area contributed by atoms with Gasteiger partial charge in [0.1, 0.15) is 5.75 Å². The van der Waals surface area contributed by atoms with Crippen LogP contribution >= 0.6 is 0 Å². The van der Waals surface area contributed by atoms with Crippen LogP contribution in [0, 0.1) is 5.92 Å². The number of urea groups is 1. The molecule has 1 aliphatic rings. The van der Waals surface area contributed by atoms with E-state index in [9.17, 15) is 9.90 Å². The molecule has 1 aromatic rings. The number of ether oxygens (including phenoxy) is 1. The molecule has 1 unspecified atom stereocenters. The summed E-state index contributed by atoms with van der Waals surface area (Å²) in [7, 11) is 1.66. The van der Waals surface area contributed by atoms with Crippen molar-refractivity contribution in [3.8, 4) is 5.75 Å². The molecular weight excluding hydrogens is 268 g/mol. The Morgan fingerprint density at radius 3 is 2.86 bits per heavy atom. The molecule has 5 nitrogen and oxygen atoms in total. The molecule has 5 heteroatoms. The Labute approximate surface area is 125 Å². The van der Waals surface area contributed by atoms with Crippen LogP contribution in [0.1, 0.15) is 25.3 Å². The van der Waals surface area contributed by atoms with Gasteiger partial charge in [0.15, 0.2) is 0 Å². The number of hydrogen-bond donors (Lipinski definition) is 2. The first kappa shape index (κ1) is 15.6. The summed E-state index contributed by atoms with van der Waals surface area (Å²) in [6.07, 6.45) is 1.97. The van der Waals surface area contributed by atoms with E-state index < -0.39 is 6.10 Å². The van der Waals surface area contributed by atoms with Gasteiger partial charge in [-0.25, -0.2) is 4.79 Å². The van der Waals surface area contributed by atoms with Crippen LogP contribution in [0.4, 0.5) is 4.79 Å². The van der Waals surface area contributed by atoms with E-state index in [1.165, 1.54) is 17.7 Å². The number of benzene rings is 1. The molecular formula is C16H24N2O3. The van der Waals surface area contributed by atoms with E-state index in [-0.39, 0.29) is 6.03 Å². The van der Waals surface area contributed by atoms with Crippen LogP contribution in [0.2, 0.25) is 0 Å². The van der Waals surface area contributed by atoms with Crippen LogP contribution in [0.3, 0.4) is 0 Å². The summed E-state index contributed by atoms with van der Waals surface area (Å²) in [6.45, 7) is 3.15. The van der Waals surface area contributed by atoms with Crippen molar-refractivity contribution in [1.82, 2.24) is 10.2 Å². The van der Waals surface area contributed by atoms with Gasteiger partial charge in [0.25, 0.3) is 0 Å². The number of nitrogens with one attached hydrogen (secondary N) is 1. The zero-order valence-electron chi connectivity index (χ0n) is 12.7. The molecule has 2 amide bonds. The summed E-state index contributed by atoms with van der Waals surface area (Å²) in [5, 5.41) is 12.1. The average Bonchev–Trinajstić information content (AvgIpc) is 3.26. The lowest BCUT2D eigenvalue weighted by Gasteiger charge is -2.20. The van der Waals surface area contributed by atoms with Gasteiger partial charge in [-0.2, -0.15) is 0 Å². The molecule has 1 aromatic carbocycles. The van der Waals surface area contributed by atoms with E-state index in [1.54, 1.807) is 14.0 Å². The number of carbonyl (C=O) groups is 1. The number of hydrogen-bond acceptors (Lipinski definition) is 3.